The van der Waals surface area contributed by atoms with Crippen LogP contribution in [-0.4, -0.2) is 7.11 Å². The Kier molecular flexibility index (Phi) is 4.99. The maximum absolute atomic E-state index is 13.2. The van der Waals surface area contributed by atoms with E-state index in [4.69, 9.17) is 10.5 Å². The lowest BCUT2D eigenvalue weighted by molar-refractivity contribution is 0.385. The van der Waals surface area contributed by atoms with Crippen molar-refractivity contribution in [3.8, 4) is 5.75 Å². The van der Waals surface area contributed by atoms with E-state index in [0.29, 0.717) is 0 Å². The minimum absolute atomic E-state index is 0.0746. The first-order valence-electron chi connectivity index (χ1n) is 5.39. The van der Waals surface area contributed by atoms with Gasteiger partial charge in [-0.2, -0.15) is 0 Å². The molecule has 0 fully saturated rings. The molecule has 0 radical (unpaired) electrons. The maximum atomic E-state index is 13.2. The molecule has 0 saturated heterocycles. The van der Waals surface area contributed by atoms with Crippen LogP contribution >= 0.6 is 0 Å². The number of methoxy groups -OCH3 is 1. The lowest BCUT2D eigenvalue weighted by Gasteiger charge is -2.12. The maximum Gasteiger partial charge on any atom is 0.165 e. The van der Waals surface area contributed by atoms with Gasteiger partial charge in [0.2, 0.25) is 0 Å². The minimum atomic E-state index is -0.357. The molecule has 1 aromatic rings. The van der Waals surface area contributed by atoms with E-state index in [9.17, 15) is 4.39 Å². The van der Waals surface area contributed by atoms with Gasteiger partial charge in [0.15, 0.2) is 11.6 Å². The van der Waals surface area contributed by atoms with E-state index in [2.05, 4.69) is 6.58 Å². The second kappa shape index (κ2) is 6.28. The molecule has 0 aliphatic carbocycles. The first kappa shape index (κ1) is 12.7. The Morgan fingerprint density at radius 3 is 2.94 bits per heavy atom. The molecule has 0 saturated carbocycles. The molecule has 0 aliphatic heterocycles. The number of unbranched alkanes of at least 4 members (excludes halogenated alkanes) is 1. The second-order valence-corrected chi connectivity index (χ2v) is 3.72. The van der Waals surface area contributed by atoms with Crippen LogP contribution in [0.1, 0.15) is 30.9 Å². The summed E-state index contributed by atoms with van der Waals surface area (Å²) in [4.78, 5) is 0. The molecule has 1 rings (SSSR count). The van der Waals surface area contributed by atoms with Gasteiger partial charge in [-0.25, -0.2) is 4.39 Å². The number of halogens is 1. The Morgan fingerprint density at radius 1 is 1.56 bits per heavy atom. The first-order chi connectivity index (χ1) is 7.69. The molecule has 1 aromatic carbocycles. The average Bonchev–Trinajstić information content (AvgIpc) is 2.30. The summed E-state index contributed by atoms with van der Waals surface area (Å²) < 4.78 is 18.1. The predicted octanol–water partition coefficient (Wildman–Crippen LogP) is 3.19. The van der Waals surface area contributed by atoms with Gasteiger partial charge in [0.1, 0.15) is 0 Å². The van der Waals surface area contributed by atoms with E-state index in [1.54, 1.807) is 12.1 Å². The summed E-state index contributed by atoms with van der Waals surface area (Å²) in [5.74, 6) is -0.110. The summed E-state index contributed by atoms with van der Waals surface area (Å²) in [6.45, 7) is 3.66. The SMILES string of the molecule is C=CCCCC(N)c1ccc(F)c(OC)c1. The minimum Gasteiger partial charge on any atom is -0.494 e. The highest BCUT2D eigenvalue weighted by atomic mass is 19.1. The van der Waals surface area contributed by atoms with Crippen LogP contribution in [-0.2, 0) is 0 Å². The number of benzene rings is 1. The highest BCUT2D eigenvalue weighted by Gasteiger charge is 2.09. The topological polar surface area (TPSA) is 35.2 Å². The molecule has 0 bridgehead atoms. The molecule has 2 nitrogen and oxygen atoms in total. The fourth-order valence-electron chi connectivity index (χ4n) is 1.56. The van der Waals surface area contributed by atoms with Crippen LogP contribution in [0.2, 0.25) is 0 Å². The summed E-state index contributed by atoms with van der Waals surface area (Å²) in [5, 5.41) is 0. The summed E-state index contributed by atoms with van der Waals surface area (Å²) in [5.41, 5.74) is 6.90. The Balaban J connectivity index is 2.67. The van der Waals surface area contributed by atoms with Crippen LogP contribution in [0.5, 0.6) is 5.75 Å². The van der Waals surface area contributed by atoms with Gasteiger partial charge < -0.3 is 10.5 Å². The fourth-order valence-corrected chi connectivity index (χ4v) is 1.56. The first-order valence-corrected chi connectivity index (χ1v) is 5.39. The quantitative estimate of drug-likeness (QED) is 0.593. The van der Waals surface area contributed by atoms with E-state index in [1.165, 1.54) is 13.2 Å². The molecule has 0 aliphatic rings. The standard InChI is InChI=1S/C13H18FNO/c1-3-4-5-6-12(15)10-7-8-11(14)13(9-10)16-2/h3,7-9,12H,1,4-6,15H2,2H3. The third kappa shape index (κ3) is 3.35. The van der Waals surface area contributed by atoms with Crippen molar-refractivity contribution in [1.82, 2.24) is 0 Å². The van der Waals surface area contributed by atoms with Crippen LogP contribution in [0, 0.1) is 5.82 Å². The molecular formula is C13H18FNO. The van der Waals surface area contributed by atoms with Crippen molar-refractivity contribution in [2.24, 2.45) is 5.73 Å². The number of nitrogens with two attached hydrogens (primary N) is 1. The van der Waals surface area contributed by atoms with Crippen LogP contribution in [0.4, 0.5) is 4.39 Å². The Labute approximate surface area is 95.9 Å². The molecule has 0 amide bonds. The number of hydrogen-bond acceptors (Lipinski definition) is 2. The van der Waals surface area contributed by atoms with E-state index in [0.717, 1.165) is 24.8 Å². The third-order valence-corrected chi connectivity index (χ3v) is 2.53. The predicted molar refractivity (Wildman–Crippen MR) is 63.9 cm³/mol. The van der Waals surface area contributed by atoms with Gasteiger partial charge >= 0.3 is 0 Å². The van der Waals surface area contributed by atoms with Crippen LogP contribution in [0.15, 0.2) is 30.9 Å². The number of hydrogen-bond donors (Lipinski definition) is 1. The van der Waals surface area contributed by atoms with Gasteiger partial charge in [-0.05, 0) is 37.0 Å². The Morgan fingerprint density at radius 2 is 2.31 bits per heavy atom. The van der Waals surface area contributed by atoms with Gasteiger partial charge in [0.05, 0.1) is 7.11 Å². The van der Waals surface area contributed by atoms with E-state index in [1.807, 2.05) is 6.08 Å². The van der Waals surface area contributed by atoms with Gasteiger partial charge in [-0.15, -0.1) is 6.58 Å². The molecule has 3 heteroatoms. The zero-order chi connectivity index (χ0) is 12.0. The van der Waals surface area contributed by atoms with Crippen molar-refractivity contribution in [1.29, 1.82) is 0 Å². The Hall–Kier alpha value is -1.35. The van der Waals surface area contributed by atoms with Crippen LogP contribution < -0.4 is 10.5 Å². The van der Waals surface area contributed by atoms with E-state index < -0.39 is 0 Å². The third-order valence-electron chi connectivity index (χ3n) is 2.53. The fraction of sp³-hybridized carbons (Fsp3) is 0.385. The smallest absolute Gasteiger partial charge is 0.165 e. The number of ether oxygens (including phenoxy) is 1. The number of allylic oxidation sites excluding steroid dienone is 1. The zero-order valence-corrected chi connectivity index (χ0v) is 9.58. The number of rotatable bonds is 6. The zero-order valence-electron chi connectivity index (χ0n) is 9.58. The molecule has 1 atom stereocenters. The normalized spacial score (nSPS) is 12.2. The van der Waals surface area contributed by atoms with Gasteiger partial charge in [-0.3, -0.25) is 0 Å². The Bertz CT molecular complexity index is 352. The van der Waals surface area contributed by atoms with Crippen molar-refractivity contribution >= 4 is 0 Å². The largest absolute Gasteiger partial charge is 0.494 e. The lowest BCUT2D eigenvalue weighted by atomic mass is 10.0. The van der Waals surface area contributed by atoms with E-state index in [-0.39, 0.29) is 17.6 Å². The monoisotopic (exact) mass is 223 g/mol. The van der Waals surface area contributed by atoms with Gasteiger partial charge in [0.25, 0.3) is 0 Å². The average molecular weight is 223 g/mol. The second-order valence-electron chi connectivity index (χ2n) is 3.72. The van der Waals surface area contributed by atoms with Gasteiger partial charge in [-0.1, -0.05) is 12.1 Å². The summed E-state index contributed by atoms with van der Waals surface area (Å²) in [6.07, 6.45) is 4.68. The lowest BCUT2D eigenvalue weighted by Crippen LogP contribution is -2.10. The van der Waals surface area contributed by atoms with Crippen molar-refractivity contribution in [3.63, 3.8) is 0 Å². The van der Waals surface area contributed by atoms with Crippen LogP contribution in [0.3, 0.4) is 0 Å². The van der Waals surface area contributed by atoms with Gasteiger partial charge in [0, 0.05) is 6.04 Å². The van der Waals surface area contributed by atoms with Crippen molar-refractivity contribution in [2.45, 2.75) is 25.3 Å². The summed E-state index contributed by atoms with van der Waals surface area (Å²) in [6, 6.07) is 4.68. The van der Waals surface area contributed by atoms with E-state index >= 15 is 0 Å². The molecule has 0 heterocycles. The molecule has 88 valence electrons. The molecular weight excluding hydrogens is 205 g/mol. The summed E-state index contributed by atoms with van der Waals surface area (Å²) >= 11 is 0. The molecule has 16 heavy (non-hydrogen) atoms. The highest BCUT2D eigenvalue weighted by Crippen LogP contribution is 2.24. The van der Waals surface area contributed by atoms with Crippen molar-refractivity contribution < 1.29 is 9.13 Å². The summed E-state index contributed by atoms with van der Waals surface area (Å²) in [7, 11) is 1.45. The molecule has 0 aromatic heterocycles. The van der Waals surface area contributed by atoms with Crippen LogP contribution in [0.25, 0.3) is 0 Å². The highest BCUT2D eigenvalue weighted by molar-refractivity contribution is 5.31. The van der Waals surface area contributed by atoms with Crippen molar-refractivity contribution in [2.75, 3.05) is 7.11 Å². The molecule has 0 spiro atoms. The molecule has 2 N–H and O–H groups in total. The molecule has 1 unspecified atom stereocenters. The van der Waals surface area contributed by atoms with Crippen molar-refractivity contribution in [3.05, 3.63) is 42.2 Å².